The Morgan fingerprint density at radius 2 is 1.67 bits per heavy atom. The smallest absolute Gasteiger partial charge is 0.146 e. The van der Waals surface area contributed by atoms with Gasteiger partial charge in [0.2, 0.25) is 0 Å². The summed E-state index contributed by atoms with van der Waals surface area (Å²) >= 11 is 0. The van der Waals surface area contributed by atoms with Gasteiger partial charge in [0.15, 0.2) is 0 Å². The van der Waals surface area contributed by atoms with Crippen LogP contribution in [0.3, 0.4) is 0 Å². The van der Waals surface area contributed by atoms with Gasteiger partial charge < -0.3 is 0 Å². The predicted molar refractivity (Wildman–Crippen MR) is 24.7 cm³/mol. The van der Waals surface area contributed by atoms with Crippen molar-refractivity contribution < 1.29 is 0 Å². The van der Waals surface area contributed by atoms with E-state index in [-0.39, 0.29) is 0 Å². The summed E-state index contributed by atoms with van der Waals surface area (Å²) in [5.74, 6) is 0. The van der Waals surface area contributed by atoms with Crippen molar-refractivity contribution in [2.24, 2.45) is 0 Å². The zero-order chi connectivity index (χ0) is 4.99. The first-order chi connectivity index (χ1) is 2.81. The van der Waals surface area contributed by atoms with Crippen LogP contribution < -0.4 is 0 Å². The highest BCUT2D eigenvalue weighted by Gasteiger charge is 1.88. The highest BCUT2D eigenvalue weighted by Crippen LogP contribution is 1.91. The minimum absolute atomic E-state index is 0.537. The summed E-state index contributed by atoms with van der Waals surface area (Å²) in [6.07, 6.45) is 0. The van der Waals surface area contributed by atoms with E-state index in [1.807, 2.05) is 0 Å². The van der Waals surface area contributed by atoms with Crippen LogP contribution in [0.25, 0.3) is 0 Å². The Morgan fingerprint density at radius 1 is 1.33 bits per heavy atom. The molecule has 6 heavy (non-hydrogen) atoms. The first-order valence-corrected chi connectivity index (χ1v) is 2.02. The van der Waals surface area contributed by atoms with Crippen LogP contribution in [0.2, 0.25) is 0 Å². The van der Waals surface area contributed by atoms with Crippen molar-refractivity contribution in [3.8, 4) is 12.1 Å². The number of hydrogen-bond donors (Lipinski definition) is 0. The Labute approximate surface area is 38.6 Å². The highest BCUT2D eigenvalue weighted by atomic mass is 31.0. The second kappa shape index (κ2) is 2.64. The number of hydrogen-bond acceptors (Lipinski definition) is 2. The quantitative estimate of drug-likeness (QED) is 0.408. The molecule has 0 aliphatic carbocycles. The fraction of sp³-hybridized carbons (Fsp3) is 0.333. The van der Waals surface area contributed by atoms with Crippen molar-refractivity contribution >= 4 is 9.24 Å². The van der Waals surface area contributed by atoms with E-state index < -0.39 is 5.66 Å². The lowest BCUT2D eigenvalue weighted by Gasteiger charge is -1.72. The summed E-state index contributed by atoms with van der Waals surface area (Å²) in [4.78, 5) is 0. The Hall–Kier alpha value is -0.590. The average Bonchev–Trinajstić information content (AvgIpc) is 1.65. The molecular weight excluding hydrogens is 95.0 g/mol. The molecule has 0 bridgehead atoms. The van der Waals surface area contributed by atoms with E-state index in [4.69, 9.17) is 10.5 Å². The molecule has 1 atom stereocenters. The molecule has 0 fully saturated rings. The summed E-state index contributed by atoms with van der Waals surface area (Å²) in [6.45, 7) is 0. The van der Waals surface area contributed by atoms with Crippen LogP contribution in [0.5, 0.6) is 0 Å². The number of nitrogens with zero attached hydrogens (tertiary/aromatic N) is 2. The molecule has 0 amide bonds. The molecule has 0 N–H and O–H groups in total. The highest BCUT2D eigenvalue weighted by molar-refractivity contribution is 7.18. The molecule has 3 heteroatoms. The first kappa shape index (κ1) is 5.41. The summed E-state index contributed by atoms with van der Waals surface area (Å²) in [5, 5.41) is 15.7. The zero-order valence-corrected chi connectivity index (χ0v) is 4.20. The third kappa shape index (κ3) is 1.70. The van der Waals surface area contributed by atoms with Crippen molar-refractivity contribution in [1.29, 1.82) is 10.5 Å². The molecule has 30 valence electrons. The van der Waals surface area contributed by atoms with Crippen molar-refractivity contribution in [3.63, 3.8) is 0 Å². The second-order valence-electron chi connectivity index (χ2n) is 0.736. The van der Waals surface area contributed by atoms with Crippen LogP contribution >= 0.6 is 9.24 Å². The lowest BCUT2D eigenvalue weighted by molar-refractivity contribution is 1.35. The fourth-order valence-corrected chi connectivity index (χ4v) is 0.0289. The van der Waals surface area contributed by atoms with Crippen molar-refractivity contribution in [2.75, 3.05) is 0 Å². The normalized spacial score (nSPS) is 6.67. The van der Waals surface area contributed by atoms with Crippen LogP contribution in [-0.2, 0) is 0 Å². The molecule has 0 radical (unpaired) electrons. The third-order valence-corrected chi connectivity index (χ3v) is 0.576. The van der Waals surface area contributed by atoms with Crippen LogP contribution in [0.15, 0.2) is 0 Å². The largest absolute Gasteiger partial charge is 0.196 e. The summed E-state index contributed by atoms with van der Waals surface area (Å²) in [5.41, 5.74) is -0.537. The van der Waals surface area contributed by atoms with Gasteiger partial charge in [-0.2, -0.15) is 10.5 Å². The maximum atomic E-state index is 7.84. The molecule has 2 nitrogen and oxygen atoms in total. The van der Waals surface area contributed by atoms with E-state index >= 15 is 0 Å². The van der Waals surface area contributed by atoms with E-state index in [2.05, 4.69) is 9.24 Å². The molecule has 0 saturated heterocycles. The van der Waals surface area contributed by atoms with E-state index in [1.165, 1.54) is 0 Å². The second-order valence-corrected chi connectivity index (χ2v) is 1.40. The topological polar surface area (TPSA) is 47.6 Å². The maximum absolute atomic E-state index is 7.84. The van der Waals surface area contributed by atoms with E-state index in [9.17, 15) is 0 Å². The lowest BCUT2D eigenvalue weighted by atomic mass is 10.5. The molecule has 0 aromatic rings. The van der Waals surface area contributed by atoms with E-state index in [0.717, 1.165) is 0 Å². The Kier molecular flexibility index (Phi) is 2.38. The monoisotopic (exact) mass is 98.0 g/mol. The number of nitriles is 2. The summed E-state index contributed by atoms with van der Waals surface area (Å²) in [6, 6.07) is 3.43. The van der Waals surface area contributed by atoms with Gasteiger partial charge in [0.05, 0.1) is 12.1 Å². The molecule has 0 saturated carbocycles. The Bertz CT molecular complexity index is 92.9. The molecular formula is C3H3N2P. The van der Waals surface area contributed by atoms with Crippen molar-refractivity contribution in [1.82, 2.24) is 0 Å². The Morgan fingerprint density at radius 3 is 1.67 bits per heavy atom. The van der Waals surface area contributed by atoms with E-state index in [1.54, 1.807) is 12.1 Å². The molecule has 0 rings (SSSR count). The SMILES string of the molecule is N#CC(P)C#N. The lowest BCUT2D eigenvalue weighted by Crippen LogP contribution is -1.81. The van der Waals surface area contributed by atoms with E-state index in [0.29, 0.717) is 0 Å². The molecule has 0 aliphatic heterocycles. The van der Waals surface area contributed by atoms with Gasteiger partial charge in [0.1, 0.15) is 5.66 Å². The molecule has 1 unspecified atom stereocenters. The summed E-state index contributed by atoms with van der Waals surface area (Å²) < 4.78 is 0. The summed E-state index contributed by atoms with van der Waals surface area (Å²) in [7, 11) is 2.09. The maximum Gasteiger partial charge on any atom is 0.146 e. The van der Waals surface area contributed by atoms with Crippen LogP contribution in [0.1, 0.15) is 0 Å². The van der Waals surface area contributed by atoms with Gasteiger partial charge in [0.25, 0.3) is 0 Å². The van der Waals surface area contributed by atoms with Crippen LogP contribution in [-0.4, -0.2) is 5.66 Å². The molecule has 0 aliphatic rings. The third-order valence-electron chi connectivity index (χ3n) is 0.278. The van der Waals surface area contributed by atoms with Crippen LogP contribution in [0, 0.1) is 22.7 Å². The molecule has 0 aromatic heterocycles. The van der Waals surface area contributed by atoms with Crippen LogP contribution in [0.4, 0.5) is 0 Å². The van der Waals surface area contributed by atoms with Gasteiger partial charge in [-0.1, -0.05) is 0 Å². The molecule has 0 spiro atoms. The minimum atomic E-state index is -0.537. The standard InChI is InChI=1S/C3H3N2P/c4-1-3(6)2-5/h3H,6H2. The predicted octanol–water partition coefficient (Wildman–Crippen LogP) is 0.277. The molecule has 0 heterocycles. The van der Waals surface area contributed by atoms with Gasteiger partial charge >= 0.3 is 0 Å². The van der Waals surface area contributed by atoms with Gasteiger partial charge in [-0.15, -0.1) is 9.24 Å². The van der Waals surface area contributed by atoms with Gasteiger partial charge in [-0.05, 0) is 0 Å². The van der Waals surface area contributed by atoms with Crippen molar-refractivity contribution in [2.45, 2.75) is 5.66 Å². The minimum Gasteiger partial charge on any atom is -0.196 e. The number of rotatable bonds is 0. The Balaban J connectivity index is 3.40. The first-order valence-electron chi connectivity index (χ1n) is 1.36. The van der Waals surface area contributed by atoms with Gasteiger partial charge in [-0.25, -0.2) is 0 Å². The fourth-order valence-electron chi connectivity index (χ4n) is 0.0289. The van der Waals surface area contributed by atoms with Crippen molar-refractivity contribution in [3.05, 3.63) is 0 Å². The molecule has 0 aromatic carbocycles. The zero-order valence-electron chi connectivity index (χ0n) is 3.05. The average molecular weight is 98.0 g/mol. The van der Waals surface area contributed by atoms with Gasteiger partial charge in [0, 0.05) is 0 Å². The van der Waals surface area contributed by atoms with Gasteiger partial charge in [-0.3, -0.25) is 0 Å².